The molecule has 0 amide bonds. The van der Waals surface area contributed by atoms with Gasteiger partial charge in [0.1, 0.15) is 11.9 Å². The van der Waals surface area contributed by atoms with Crippen molar-refractivity contribution in [3.8, 4) is 5.75 Å². The third kappa shape index (κ3) is 6.32. The monoisotopic (exact) mass is 781 g/mol. The van der Waals surface area contributed by atoms with Gasteiger partial charge in [0.05, 0.1) is 29.2 Å². The highest BCUT2D eigenvalue weighted by molar-refractivity contribution is 6.09. The predicted molar refractivity (Wildman–Crippen MR) is 247 cm³/mol. The molecule has 60 heavy (non-hydrogen) atoms. The van der Waals surface area contributed by atoms with Gasteiger partial charge in [-0.05, 0) is 114 Å². The van der Waals surface area contributed by atoms with Gasteiger partial charge in [0.25, 0.3) is 0 Å². The van der Waals surface area contributed by atoms with E-state index < -0.39 is 0 Å². The number of ether oxygens (including phenoxy) is 1. The van der Waals surface area contributed by atoms with Crippen molar-refractivity contribution >= 4 is 16.9 Å². The van der Waals surface area contributed by atoms with E-state index in [-0.39, 0.29) is 18.2 Å². The van der Waals surface area contributed by atoms with Crippen LogP contribution in [0.2, 0.25) is 0 Å². The average Bonchev–Trinajstić information content (AvgIpc) is 3.69. The van der Waals surface area contributed by atoms with Crippen LogP contribution in [0.15, 0.2) is 203 Å². The first-order valence-corrected chi connectivity index (χ1v) is 21.9. The second-order valence-electron chi connectivity index (χ2n) is 17.4. The summed E-state index contributed by atoms with van der Waals surface area (Å²) < 4.78 is 6.82. The van der Waals surface area contributed by atoms with E-state index >= 15 is 0 Å². The summed E-state index contributed by atoms with van der Waals surface area (Å²) in [7, 11) is 0. The van der Waals surface area contributed by atoms with Crippen molar-refractivity contribution in [1.82, 2.24) is 10.6 Å². The van der Waals surface area contributed by atoms with E-state index in [2.05, 4.69) is 164 Å². The normalized spacial score (nSPS) is 27.0. The third-order valence-corrected chi connectivity index (χ3v) is 13.9. The molecule has 3 aromatic rings. The molecular formula is C56H51N3O. The topological polar surface area (TPSA) is 45.7 Å². The summed E-state index contributed by atoms with van der Waals surface area (Å²) in [4.78, 5) is 5.09. The highest BCUT2D eigenvalue weighted by Gasteiger charge is 2.40. The SMILES string of the molecule is C=C/C(=N\C(=C)C1=C(C)C=CC(c2ccccc2)N1)C1=CC2=C(CC1)C1C=C(c3ccc(C4NC5=C(CCC=C5)c5c4ccc4c5OC5CCC=CC45)cc3)C=CC1C=C2. The largest absolute Gasteiger partial charge is 0.488 e. The summed E-state index contributed by atoms with van der Waals surface area (Å²) in [6, 6.07) is 24.7. The Bertz CT molecular complexity index is 2680. The Morgan fingerprint density at radius 3 is 2.52 bits per heavy atom. The molecule has 6 atom stereocenters. The van der Waals surface area contributed by atoms with Gasteiger partial charge in [-0.1, -0.05) is 146 Å². The summed E-state index contributed by atoms with van der Waals surface area (Å²) in [5, 5.41) is 7.63. The summed E-state index contributed by atoms with van der Waals surface area (Å²) in [6.45, 7) is 10.7. The van der Waals surface area contributed by atoms with E-state index in [4.69, 9.17) is 9.73 Å². The number of benzene rings is 3. The molecular weight excluding hydrogens is 731 g/mol. The van der Waals surface area contributed by atoms with Gasteiger partial charge in [-0.3, -0.25) is 0 Å². The number of aliphatic imine (C=N–C) groups is 1. The van der Waals surface area contributed by atoms with Crippen LogP contribution in [0.3, 0.4) is 0 Å². The first kappa shape index (κ1) is 36.7. The summed E-state index contributed by atoms with van der Waals surface area (Å²) in [6.07, 6.45) is 36.3. The van der Waals surface area contributed by atoms with Gasteiger partial charge < -0.3 is 15.4 Å². The van der Waals surface area contributed by atoms with Crippen LogP contribution in [-0.2, 0) is 0 Å². The Morgan fingerprint density at radius 2 is 1.65 bits per heavy atom. The van der Waals surface area contributed by atoms with Crippen LogP contribution in [0, 0.1) is 11.8 Å². The number of hydrogen-bond donors (Lipinski definition) is 2. The maximum Gasteiger partial charge on any atom is 0.131 e. The molecule has 5 aliphatic carbocycles. The Hall–Kier alpha value is -6.39. The van der Waals surface area contributed by atoms with Gasteiger partial charge >= 0.3 is 0 Å². The second kappa shape index (κ2) is 15.0. The molecule has 0 radical (unpaired) electrons. The van der Waals surface area contributed by atoms with Crippen LogP contribution >= 0.6 is 0 Å². The van der Waals surface area contributed by atoms with Crippen molar-refractivity contribution in [1.29, 1.82) is 0 Å². The molecule has 11 rings (SSSR count). The molecule has 4 heteroatoms. The number of allylic oxidation sites excluding steroid dienone is 17. The van der Waals surface area contributed by atoms with Gasteiger partial charge in [0.2, 0.25) is 0 Å². The molecule has 3 aromatic carbocycles. The minimum absolute atomic E-state index is 0.0613. The van der Waals surface area contributed by atoms with E-state index in [9.17, 15) is 0 Å². The highest BCUT2D eigenvalue weighted by atomic mass is 16.5. The molecule has 3 heterocycles. The average molecular weight is 782 g/mol. The van der Waals surface area contributed by atoms with Gasteiger partial charge in [-0.2, -0.15) is 0 Å². The zero-order valence-corrected chi connectivity index (χ0v) is 34.3. The molecule has 4 nitrogen and oxygen atoms in total. The smallest absolute Gasteiger partial charge is 0.131 e. The maximum absolute atomic E-state index is 6.82. The van der Waals surface area contributed by atoms with Gasteiger partial charge in [0, 0.05) is 34.6 Å². The molecule has 0 saturated carbocycles. The van der Waals surface area contributed by atoms with Crippen LogP contribution in [-0.4, -0.2) is 11.8 Å². The van der Waals surface area contributed by atoms with E-state index in [0.29, 0.717) is 17.8 Å². The third-order valence-electron chi connectivity index (χ3n) is 13.9. The number of rotatable bonds is 7. The van der Waals surface area contributed by atoms with Gasteiger partial charge in [-0.25, -0.2) is 4.99 Å². The van der Waals surface area contributed by atoms with E-state index in [1.54, 1.807) is 0 Å². The van der Waals surface area contributed by atoms with E-state index in [1.807, 2.05) is 12.1 Å². The van der Waals surface area contributed by atoms with E-state index in [0.717, 1.165) is 67.0 Å². The first-order valence-electron chi connectivity index (χ1n) is 21.9. The van der Waals surface area contributed by atoms with Crippen molar-refractivity contribution in [2.24, 2.45) is 16.8 Å². The fourth-order valence-electron chi connectivity index (χ4n) is 10.7. The van der Waals surface area contributed by atoms with Crippen molar-refractivity contribution in [3.05, 3.63) is 232 Å². The van der Waals surface area contributed by atoms with E-state index in [1.165, 1.54) is 66.9 Å². The first-order chi connectivity index (χ1) is 29.5. The minimum Gasteiger partial charge on any atom is -0.488 e. The molecule has 0 fully saturated rings. The number of dihydropyridines is 1. The lowest BCUT2D eigenvalue weighted by molar-refractivity contribution is 0.204. The van der Waals surface area contributed by atoms with Crippen LogP contribution in [0.4, 0.5) is 0 Å². The Kier molecular flexibility index (Phi) is 9.18. The molecule has 0 aromatic heterocycles. The zero-order valence-electron chi connectivity index (χ0n) is 34.3. The number of fused-ring (bicyclic) bond motifs is 8. The molecule has 0 bridgehead atoms. The molecule has 296 valence electrons. The van der Waals surface area contributed by atoms with Crippen LogP contribution in [0.25, 0.3) is 11.1 Å². The number of nitrogens with one attached hydrogen (secondary N) is 2. The lowest BCUT2D eigenvalue weighted by Gasteiger charge is -2.34. The molecule has 2 N–H and O–H groups in total. The molecule has 3 aliphatic heterocycles. The zero-order chi connectivity index (χ0) is 40.3. The van der Waals surface area contributed by atoms with Crippen LogP contribution in [0.1, 0.15) is 96.8 Å². The van der Waals surface area contributed by atoms with Crippen molar-refractivity contribution in [3.63, 3.8) is 0 Å². The summed E-state index contributed by atoms with van der Waals surface area (Å²) in [5.41, 5.74) is 19.4. The summed E-state index contributed by atoms with van der Waals surface area (Å²) in [5.74, 6) is 2.19. The lowest BCUT2D eigenvalue weighted by atomic mass is 9.71. The Balaban J connectivity index is 0.844. The molecule has 6 unspecified atom stereocenters. The molecule has 8 aliphatic rings. The second-order valence-corrected chi connectivity index (χ2v) is 17.4. The lowest BCUT2D eigenvalue weighted by Crippen LogP contribution is -2.28. The van der Waals surface area contributed by atoms with Gasteiger partial charge in [-0.15, -0.1) is 0 Å². The summed E-state index contributed by atoms with van der Waals surface area (Å²) >= 11 is 0. The fraction of sp³-hybridized carbons (Fsp3) is 0.232. The molecule has 0 spiro atoms. The van der Waals surface area contributed by atoms with Crippen LogP contribution < -0.4 is 15.4 Å². The highest BCUT2D eigenvalue weighted by Crippen LogP contribution is 2.52. The van der Waals surface area contributed by atoms with Gasteiger partial charge in [0.15, 0.2) is 0 Å². The Morgan fingerprint density at radius 1 is 0.800 bits per heavy atom. The minimum atomic E-state index is 0.0613. The quantitative estimate of drug-likeness (QED) is 0.185. The maximum atomic E-state index is 6.82. The number of nitrogens with zero attached hydrogens (tertiary/aromatic N) is 1. The Labute approximate surface area is 354 Å². The van der Waals surface area contributed by atoms with Crippen molar-refractivity contribution in [2.45, 2.75) is 69.6 Å². The standard InChI is InChI=1S/C56H51N3O/c1-4-49(57-35(3)54-34(2)18-31-50(58-54)38-12-6-5-7-13-38)42-27-28-43-41(32-42)26-22-37-21-25-40(33-48(37)43)36-19-23-39(24-20-36)55-47-30-29-45-44-14-9-11-17-52(44)60-56(45)53(47)46-15-8-10-16-51(46)59-55/h4-7,9-10,12-14,16,18-26,29-33,37,44,48,50,52,55,58-59H,1,3,8,11,15,17,27-28H2,2H3/b57-49+. The fourth-order valence-corrected chi connectivity index (χ4v) is 10.7. The van der Waals surface area contributed by atoms with Crippen LogP contribution in [0.5, 0.6) is 5.75 Å². The molecule has 0 saturated heterocycles. The number of hydrogen-bond acceptors (Lipinski definition) is 4. The van der Waals surface area contributed by atoms with Crippen molar-refractivity contribution in [2.75, 3.05) is 0 Å². The van der Waals surface area contributed by atoms with Crippen molar-refractivity contribution < 1.29 is 4.74 Å². The predicted octanol–water partition coefficient (Wildman–Crippen LogP) is 12.7.